The lowest BCUT2D eigenvalue weighted by atomic mass is 10.6. The zero-order valence-corrected chi connectivity index (χ0v) is 17.0. The van der Waals surface area contributed by atoms with Crippen LogP contribution in [0.4, 0.5) is 0 Å². The van der Waals surface area contributed by atoms with Crippen molar-refractivity contribution in [2.24, 2.45) is 0 Å². The van der Waals surface area contributed by atoms with Gasteiger partial charge in [0, 0.05) is 27.4 Å². The first-order chi connectivity index (χ1) is 8.66. The number of rotatable bonds is 10. The predicted octanol–water partition coefficient (Wildman–Crippen LogP) is 3.70. The van der Waals surface area contributed by atoms with Gasteiger partial charge in [-0.1, -0.05) is 13.3 Å². The number of hydrogen-bond donors (Lipinski definition) is 0. The first-order valence-corrected chi connectivity index (χ1v) is 15.2. The molecule has 0 heterocycles. The van der Waals surface area contributed by atoms with Crippen LogP contribution >= 0.6 is 0 Å². The zero-order chi connectivity index (χ0) is 15.2. The Morgan fingerprint density at radius 1 is 0.684 bits per heavy atom. The maximum atomic E-state index is 6.40. The third-order valence-electron chi connectivity index (χ3n) is 3.49. The van der Waals surface area contributed by atoms with E-state index in [1.165, 1.54) is 0 Å². The van der Waals surface area contributed by atoms with E-state index in [1.807, 2.05) is 0 Å². The van der Waals surface area contributed by atoms with Crippen molar-refractivity contribution >= 4 is 25.4 Å². The topological polar surface area (TPSA) is 36.9 Å². The molecule has 0 aliphatic heterocycles. The van der Waals surface area contributed by atoms with Gasteiger partial charge in [0.1, 0.15) is 0 Å². The van der Waals surface area contributed by atoms with E-state index in [4.69, 9.17) is 17.4 Å². The minimum Gasteiger partial charge on any atom is -0.420 e. The molecule has 0 rings (SSSR count). The fourth-order valence-electron chi connectivity index (χ4n) is 2.05. The third kappa shape index (κ3) is 7.17. The van der Waals surface area contributed by atoms with Crippen LogP contribution < -0.4 is 0 Å². The van der Waals surface area contributed by atoms with E-state index in [0.29, 0.717) is 0 Å². The zero-order valence-electron chi connectivity index (χ0n) is 14.0. The molecule has 0 fully saturated rings. The van der Waals surface area contributed by atoms with Crippen LogP contribution in [-0.2, 0) is 17.4 Å². The first kappa shape index (κ1) is 19.5. The van der Waals surface area contributed by atoms with Crippen LogP contribution in [-0.4, -0.2) is 46.8 Å². The largest absolute Gasteiger partial charge is 0.489 e. The molecular weight excluding hydrogens is 292 g/mol. The van der Waals surface area contributed by atoms with Crippen LogP contribution in [0.3, 0.4) is 0 Å². The van der Waals surface area contributed by atoms with Gasteiger partial charge >= 0.3 is 8.80 Å². The molecular formula is C12H32O4Si3. The molecule has 0 aliphatic rings. The maximum Gasteiger partial charge on any atom is 0.489 e. The molecule has 0 bridgehead atoms. The van der Waals surface area contributed by atoms with Crippen LogP contribution in [0.1, 0.15) is 13.3 Å². The molecule has 4 nitrogen and oxygen atoms in total. The standard InChI is InChI=1S/C12H32O4Si3/c1-9-10-18(7,8)16-19(14-3,15-4)12-11-17(5,6)13-2/h9-12H2,1-8H3. The van der Waals surface area contributed by atoms with Gasteiger partial charge in [-0.3, -0.25) is 0 Å². The summed E-state index contributed by atoms with van der Waals surface area (Å²) in [6.45, 7) is 11.1. The summed E-state index contributed by atoms with van der Waals surface area (Å²) in [5, 5.41) is 0. The van der Waals surface area contributed by atoms with Crippen molar-refractivity contribution < 1.29 is 17.4 Å². The van der Waals surface area contributed by atoms with Crippen molar-refractivity contribution in [2.75, 3.05) is 21.3 Å². The highest BCUT2D eigenvalue weighted by Crippen LogP contribution is 2.27. The van der Waals surface area contributed by atoms with Crippen molar-refractivity contribution in [1.82, 2.24) is 0 Å². The van der Waals surface area contributed by atoms with Crippen molar-refractivity contribution in [3.8, 4) is 0 Å². The van der Waals surface area contributed by atoms with E-state index in [0.717, 1.165) is 24.6 Å². The summed E-state index contributed by atoms with van der Waals surface area (Å²) in [4.78, 5) is 0. The molecule has 19 heavy (non-hydrogen) atoms. The highest BCUT2D eigenvalue weighted by molar-refractivity contribution is 6.81. The molecule has 0 saturated heterocycles. The van der Waals surface area contributed by atoms with Gasteiger partial charge in [0.25, 0.3) is 0 Å². The third-order valence-corrected chi connectivity index (χ3v) is 13.8. The average Bonchev–Trinajstić information content (AvgIpc) is 2.34. The normalized spacial score (nSPS) is 13.9. The lowest BCUT2D eigenvalue weighted by Gasteiger charge is -2.36. The molecule has 0 aromatic carbocycles. The molecule has 0 unspecified atom stereocenters. The summed E-state index contributed by atoms with van der Waals surface area (Å²) in [5.74, 6) is 0. The van der Waals surface area contributed by atoms with Crippen LogP contribution in [0.5, 0.6) is 0 Å². The van der Waals surface area contributed by atoms with Crippen LogP contribution in [0.25, 0.3) is 0 Å². The fourth-order valence-corrected chi connectivity index (χ4v) is 12.5. The highest BCUT2D eigenvalue weighted by atomic mass is 28.5. The van der Waals surface area contributed by atoms with Gasteiger partial charge in [0.05, 0.1) is 0 Å². The van der Waals surface area contributed by atoms with Gasteiger partial charge in [-0.05, 0) is 38.3 Å². The van der Waals surface area contributed by atoms with E-state index in [2.05, 4.69) is 33.1 Å². The summed E-state index contributed by atoms with van der Waals surface area (Å²) in [6.07, 6.45) is 1.15. The summed E-state index contributed by atoms with van der Waals surface area (Å²) < 4.78 is 23.4. The molecule has 0 radical (unpaired) electrons. The van der Waals surface area contributed by atoms with E-state index < -0.39 is 25.4 Å². The SMILES string of the molecule is CCC[Si](C)(C)O[Si](CC[Si](C)(C)OC)(OC)OC. The Morgan fingerprint density at radius 2 is 1.21 bits per heavy atom. The van der Waals surface area contributed by atoms with E-state index >= 15 is 0 Å². The molecule has 0 atom stereocenters. The van der Waals surface area contributed by atoms with E-state index in [9.17, 15) is 0 Å². The summed E-state index contributed by atoms with van der Waals surface area (Å²) in [5.41, 5.74) is 0. The average molecular weight is 325 g/mol. The summed E-state index contributed by atoms with van der Waals surface area (Å²) >= 11 is 0. The van der Waals surface area contributed by atoms with Crippen molar-refractivity contribution in [1.29, 1.82) is 0 Å². The van der Waals surface area contributed by atoms with Crippen LogP contribution in [0, 0.1) is 0 Å². The predicted molar refractivity (Wildman–Crippen MR) is 87.5 cm³/mol. The summed E-state index contributed by atoms with van der Waals surface area (Å²) in [7, 11) is -0.601. The van der Waals surface area contributed by atoms with Crippen LogP contribution in [0.2, 0.25) is 44.3 Å². The molecule has 7 heteroatoms. The second kappa shape index (κ2) is 8.06. The molecule has 0 spiro atoms. The van der Waals surface area contributed by atoms with Gasteiger partial charge in [0.2, 0.25) is 0 Å². The molecule has 0 N–H and O–H groups in total. The number of hydrogen-bond acceptors (Lipinski definition) is 4. The van der Waals surface area contributed by atoms with Crippen molar-refractivity contribution in [3.05, 3.63) is 0 Å². The lowest BCUT2D eigenvalue weighted by molar-refractivity contribution is 0.158. The summed E-state index contributed by atoms with van der Waals surface area (Å²) in [6, 6.07) is 3.00. The van der Waals surface area contributed by atoms with Gasteiger partial charge in [0.15, 0.2) is 16.6 Å². The Bertz CT molecular complexity index is 255. The fraction of sp³-hybridized carbons (Fsp3) is 1.00. The first-order valence-electron chi connectivity index (χ1n) is 7.01. The molecule has 0 aliphatic carbocycles. The minimum absolute atomic E-state index is 0.854. The minimum atomic E-state index is -2.53. The quantitative estimate of drug-likeness (QED) is 0.574. The highest BCUT2D eigenvalue weighted by Gasteiger charge is 2.45. The van der Waals surface area contributed by atoms with Crippen molar-refractivity contribution in [2.45, 2.75) is 57.7 Å². The Labute approximate surface area is 122 Å². The Kier molecular flexibility index (Phi) is 8.27. The van der Waals surface area contributed by atoms with E-state index in [-0.39, 0.29) is 0 Å². The second-order valence-electron chi connectivity index (χ2n) is 6.17. The smallest absolute Gasteiger partial charge is 0.420 e. The molecule has 0 amide bonds. The Balaban J connectivity index is 4.76. The molecule has 0 aromatic rings. The van der Waals surface area contributed by atoms with Gasteiger partial charge in [-0.15, -0.1) is 0 Å². The van der Waals surface area contributed by atoms with Crippen LogP contribution in [0.15, 0.2) is 0 Å². The van der Waals surface area contributed by atoms with E-state index in [1.54, 1.807) is 21.3 Å². The van der Waals surface area contributed by atoms with Gasteiger partial charge < -0.3 is 17.4 Å². The monoisotopic (exact) mass is 324 g/mol. The molecule has 116 valence electrons. The molecule has 0 aromatic heterocycles. The Hall–Kier alpha value is 0.491. The molecule has 0 saturated carbocycles. The lowest BCUT2D eigenvalue weighted by Crippen LogP contribution is -2.53. The Morgan fingerprint density at radius 3 is 1.58 bits per heavy atom. The maximum absolute atomic E-state index is 6.40. The van der Waals surface area contributed by atoms with Crippen molar-refractivity contribution in [3.63, 3.8) is 0 Å². The van der Waals surface area contributed by atoms with Gasteiger partial charge in [-0.25, -0.2) is 0 Å². The van der Waals surface area contributed by atoms with Gasteiger partial charge in [-0.2, -0.15) is 0 Å². The second-order valence-corrected chi connectivity index (χ2v) is 18.1.